The predicted octanol–water partition coefficient (Wildman–Crippen LogP) is 2.28. The molecule has 3 nitrogen and oxygen atoms in total. The number of hydrogen-bond acceptors (Lipinski definition) is 2. The van der Waals surface area contributed by atoms with Gasteiger partial charge in [0.1, 0.15) is 0 Å². The maximum atomic E-state index is 13.3. The number of halogens is 2. The van der Waals surface area contributed by atoms with Crippen LogP contribution in [0.15, 0.2) is 23.1 Å². The van der Waals surface area contributed by atoms with Crippen LogP contribution in [0.25, 0.3) is 10.9 Å². The molecule has 1 aromatic carbocycles. The average molecular weight is 319 g/mol. The van der Waals surface area contributed by atoms with E-state index in [-0.39, 0.29) is 11.2 Å². The highest BCUT2D eigenvalue weighted by Gasteiger charge is 2.08. The molecule has 0 aliphatic heterocycles. The maximum absolute atomic E-state index is 13.3. The summed E-state index contributed by atoms with van der Waals surface area (Å²) in [6.07, 6.45) is 1.55. The molecule has 2 aromatic rings. The number of benzene rings is 1. The fraction of sp³-hybridized carbons (Fsp3) is 0.100. The first-order valence-electron chi connectivity index (χ1n) is 4.18. The molecule has 1 N–H and O–H groups in total. The standard InChI is InChI=1S/C10H7FINO2/c1-15-9-2-5-8(3-6(9)11)13-4-7(12)10(5)14/h2-4H,1H3,(H,13,14). The number of fused-ring (bicyclic) bond motifs is 1. The molecule has 0 unspecified atom stereocenters. The van der Waals surface area contributed by atoms with Gasteiger partial charge in [-0.2, -0.15) is 0 Å². The van der Waals surface area contributed by atoms with Gasteiger partial charge in [0, 0.05) is 12.3 Å². The predicted molar refractivity (Wildman–Crippen MR) is 63.8 cm³/mol. The molecule has 0 amide bonds. The van der Waals surface area contributed by atoms with Gasteiger partial charge in [-0.3, -0.25) is 4.79 Å². The van der Waals surface area contributed by atoms with Gasteiger partial charge in [0.2, 0.25) is 5.43 Å². The van der Waals surface area contributed by atoms with Crippen molar-refractivity contribution in [2.75, 3.05) is 7.11 Å². The molecular formula is C10H7FINO2. The number of ether oxygens (including phenoxy) is 1. The molecular weight excluding hydrogens is 312 g/mol. The van der Waals surface area contributed by atoms with Crippen LogP contribution >= 0.6 is 22.6 Å². The van der Waals surface area contributed by atoms with Crippen molar-refractivity contribution in [2.24, 2.45) is 0 Å². The van der Waals surface area contributed by atoms with E-state index in [1.54, 1.807) is 6.20 Å². The highest BCUT2D eigenvalue weighted by Crippen LogP contribution is 2.21. The van der Waals surface area contributed by atoms with E-state index in [0.717, 1.165) is 0 Å². The zero-order valence-electron chi connectivity index (χ0n) is 7.80. The summed E-state index contributed by atoms with van der Waals surface area (Å²) < 4.78 is 18.7. The van der Waals surface area contributed by atoms with Crippen LogP contribution in [0.3, 0.4) is 0 Å². The van der Waals surface area contributed by atoms with E-state index < -0.39 is 5.82 Å². The smallest absolute Gasteiger partial charge is 0.202 e. The average Bonchev–Trinajstić information content (AvgIpc) is 2.23. The molecule has 0 saturated heterocycles. The molecule has 5 heteroatoms. The first-order valence-corrected chi connectivity index (χ1v) is 5.26. The van der Waals surface area contributed by atoms with Crippen LogP contribution in [-0.4, -0.2) is 12.1 Å². The van der Waals surface area contributed by atoms with Gasteiger partial charge in [-0.15, -0.1) is 0 Å². The zero-order valence-corrected chi connectivity index (χ0v) is 9.96. The third-order valence-electron chi connectivity index (χ3n) is 2.11. The lowest BCUT2D eigenvalue weighted by Crippen LogP contribution is -2.07. The second-order valence-electron chi connectivity index (χ2n) is 3.00. The van der Waals surface area contributed by atoms with Crippen molar-refractivity contribution in [2.45, 2.75) is 0 Å². The third kappa shape index (κ3) is 1.71. The zero-order chi connectivity index (χ0) is 11.0. The lowest BCUT2D eigenvalue weighted by Gasteiger charge is -2.04. The molecule has 0 spiro atoms. The molecule has 0 radical (unpaired) electrons. The molecule has 0 saturated carbocycles. The highest BCUT2D eigenvalue weighted by atomic mass is 127. The lowest BCUT2D eigenvalue weighted by atomic mass is 10.2. The minimum atomic E-state index is -0.484. The van der Waals surface area contributed by atoms with Crippen molar-refractivity contribution < 1.29 is 9.13 Å². The van der Waals surface area contributed by atoms with E-state index in [1.165, 1.54) is 19.2 Å². The minimum absolute atomic E-state index is 0.0787. The van der Waals surface area contributed by atoms with Crippen LogP contribution in [0.2, 0.25) is 0 Å². The highest BCUT2D eigenvalue weighted by molar-refractivity contribution is 14.1. The Morgan fingerprint density at radius 2 is 2.20 bits per heavy atom. The fourth-order valence-electron chi connectivity index (χ4n) is 1.35. The molecule has 0 fully saturated rings. The fourth-order valence-corrected chi connectivity index (χ4v) is 1.80. The Morgan fingerprint density at radius 3 is 2.87 bits per heavy atom. The van der Waals surface area contributed by atoms with Gasteiger partial charge in [0.15, 0.2) is 11.6 Å². The van der Waals surface area contributed by atoms with Crippen molar-refractivity contribution in [3.05, 3.63) is 37.9 Å². The molecule has 1 aromatic heterocycles. The summed E-state index contributed by atoms with van der Waals surface area (Å²) in [5, 5.41) is 0.431. The van der Waals surface area contributed by atoms with E-state index in [0.29, 0.717) is 14.5 Å². The Hall–Kier alpha value is -1.11. The molecule has 0 aliphatic rings. The summed E-state index contributed by atoms with van der Waals surface area (Å²) in [6.45, 7) is 0. The summed E-state index contributed by atoms with van der Waals surface area (Å²) >= 11 is 1.93. The van der Waals surface area contributed by atoms with Crippen molar-refractivity contribution >= 4 is 33.5 Å². The van der Waals surface area contributed by atoms with Crippen molar-refractivity contribution in [3.8, 4) is 5.75 Å². The maximum Gasteiger partial charge on any atom is 0.202 e. The summed E-state index contributed by atoms with van der Waals surface area (Å²) in [5.74, 6) is -0.406. The number of methoxy groups -OCH3 is 1. The van der Waals surface area contributed by atoms with Gasteiger partial charge < -0.3 is 9.72 Å². The normalized spacial score (nSPS) is 10.6. The summed E-state index contributed by atoms with van der Waals surface area (Å²) in [4.78, 5) is 14.6. The van der Waals surface area contributed by atoms with Crippen molar-refractivity contribution in [3.63, 3.8) is 0 Å². The molecule has 0 atom stereocenters. The van der Waals surface area contributed by atoms with Crippen LogP contribution in [-0.2, 0) is 0 Å². The molecule has 0 aliphatic carbocycles. The Morgan fingerprint density at radius 1 is 1.47 bits per heavy atom. The van der Waals surface area contributed by atoms with Crippen molar-refractivity contribution in [1.29, 1.82) is 0 Å². The summed E-state index contributed by atoms with van der Waals surface area (Å²) in [7, 11) is 1.37. The van der Waals surface area contributed by atoms with Crippen LogP contribution in [0, 0.1) is 9.39 Å². The number of hydrogen-bond donors (Lipinski definition) is 1. The van der Waals surface area contributed by atoms with Crippen LogP contribution in [0.1, 0.15) is 0 Å². The van der Waals surface area contributed by atoms with Gasteiger partial charge in [-0.05, 0) is 28.7 Å². The second-order valence-corrected chi connectivity index (χ2v) is 4.16. The van der Waals surface area contributed by atoms with Crippen LogP contribution in [0.5, 0.6) is 5.75 Å². The molecule has 78 valence electrons. The van der Waals surface area contributed by atoms with Gasteiger partial charge in [0.25, 0.3) is 0 Å². The topological polar surface area (TPSA) is 42.1 Å². The summed E-state index contributed by atoms with van der Waals surface area (Å²) in [5.41, 5.74) is 0.348. The SMILES string of the molecule is COc1cc2c(=O)c(I)c[nH]c2cc1F. The van der Waals surface area contributed by atoms with Gasteiger partial charge in [-0.25, -0.2) is 4.39 Å². The molecule has 15 heavy (non-hydrogen) atoms. The van der Waals surface area contributed by atoms with Gasteiger partial charge in [0.05, 0.1) is 21.6 Å². The summed E-state index contributed by atoms with van der Waals surface area (Å²) in [6, 6.07) is 2.66. The third-order valence-corrected chi connectivity index (χ3v) is 2.91. The molecule has 2 rings (SSSR count). The van der Waals surface area contributed by atoms with E-state index in [4.69, 9.17) is 4.74 Å². The quantitative estimate of drug-likeness (QED) is 0.820. The minimum Gasteiger partial charge on any atom is -0.494 e. The van der Waals surface area contributed by atoms with Crippen LogP contribution in [0.4, 0.5) is 4.39 Å². The van der Waals surface area contributed by atoms with Gasteiger partial charge in [-0.1, -0.05) is 0 Å². The Kier molecular flexibility index (Phi) is 2.64. The molecule has 1 heterocycles. The largest absolute Gasteiger partial charge is 0.494 e. The Bertz CT molecular complexity index is 579. The number of nitrogens with one attached hydrogen (secondary N) is 1. The van der Waals surface area contributed by atoms with E-state index >= 15 is 0 Å². The lowest BCUT2D eigenvalue weighted by molar-refractivity contribution is 0.387. The number of aromatic nitrogens is 1. The molecule has 0 bridgehead atoms. The van der Waals surface area contributed by atoms with E-state index in [2.05, 4.69) is 4.98 Å². The monoisotopic (exact) mass is 319 g/mol. The Balaban J connectivity index is 2.89. The van der Waals surface area contributed by atoms with E-state index in [1.807, 2.05) is 22.6 Å². The first kappa shape index (κ1) is 10.4. The number of pyridine rings is 1. The second kappa shape index (κ2) is 3.80. The number of aromatic amines is 1. The van der Waals surface area contributed by atoms with Crippen LogP contribution < -0.4 is 10.2 Å². The van der Waals surface area contributed by atoms with Crippen molar-refractivity contribution in [1.82, 2.24) is 4.98 Å². The van der Waals surface area contributed by atoms with Gasteiger partial charge >= 0.3 is 0 Å². The first-order chi connectivity index (χ1) is 7.13. The Labute approximate surface area is 98.4 Å². The van der Waals surface area contributed by atoms with E-state index in [9.17, 15) is 9.18 Å². The number of rotatable bonds is 1. The number of H-pyrrole nitrogens is 1.